The van der Waals surface area contributed by atoms with E-state index >= 15 is 0 Å². The largest absolute Gasteiger partial charge is 0.508 e. The summed E-state index contributed by atoms with van der Waals surface area (Å²) in [4.78, 5) is 16.9. The van der Waals surface area contributed by atoms with Crippen LogP contribution in [0, 0.1) is 12.8 Å². The SMILES string of the molecule is Cc1cc(-c2noc(C3CCC(NC(=O)C4CCCC4)CC3)n2)ccc1O. The van der Waals surface area contributed by atoms with Crippen molar-refractivity contribution in [3.63, 3.8) is 0 Å². The number of benzene rings is 1. The number of phenols is 1. The van der Waals surface area contributed by atoms with Crippen molar-refractivity contribution in [3.8, 4) is 17.1 Å². The predicted molar refractivity (Wildman–Crippen MR) is 101 cm³/mol. The van der Waals surface area contributed by atoms with E-state index in [9.17, 15) is 9.90 Å². The molecular formula is C21H27N3O3. The van der Waals surface area contributed by atoms with Crippen molar-refractivity contribution >= 4 is 5.91 Å². The minimum atomic E-state index is 0.231. The average Bonchev–Trinajstić information content (AvgIpc) is 3.36. The van der Waals surface area contributed by atoms with Crippen LogP contribution < -0.4 is 5.32 Å². The molecule has 1 heterocycles. The minimum Gasteiger partial charge on any atom is -0.508 e. The van der Waals surface area contributed by atoms with Crippen LogP contribution in [-0.2, 0) is 4.79 Å². The van der Waals surface area contributed by atoms with Crippen molar-refractivity contribution in [1.29, 1.82) is 0 Å². The third-order valence-corrected chi connectivity index (χ3v) is 6.05. The van der Waals surface area contributed by atoms with Crippen LogP contribution >= 0.6 is 0 Å². The molecule has 6 nitrogen and oxygen atoms in total. The van der Waals surface area contributed by atoms with Gasteiger partial charge in [-0.05, 0) is 69.2 Å². The maximum Gasteiger partial charge on any atom is 0.230 e. The van der Waals surface area contributed by atoms with Gasteiger partial charge < -0.3 is 14.9 Å². The number of nitrogens with zero attached hydrogens (tertiary/aromatic N) is 2. The van der Waals surface area contributed by atoms with Crippen LogP contribution in [0.4, 0.5) is 0 Å². The van der Waals surface area contributed by atoms with E-state index in [1.165, 1.54) is 12.8 Å². The molecule has 2 N–H and O–H groups in total. The molecule has 144 valence electrons. The highest BCUT2D eigenvalue weighted by Gasteiger charge is 2.30. The number of carbonyl (C=O) groups excluding carboxylic acids is 1. The molecular weight excluding hydrogens is 342 g/mol. The standard InChI is InChI=1S/C21H27N3O3/c1-13-12-16(8-11-18(13)25)19-23-21(27-24-19)15-6-9-17(10-7-15)22-20(26)14-4-2-3-5-14/h8,11-12,14-15,17,25H,2-7,9-10H2,1H3,(H,22,26). The van der Waals surface area contributed by atoms with Crippen LogP contribution in [0.15, 0.2) is 22.7 Å². The fraction of sp³-hybridized carbons (Fsp3) is 0.571. The number of hydrogen-bond acceptors (Lipinski definition) is 5. The number of aromatic hydroxyl groups is 1. The lowest BCUT2D eigenvalue weighted by atomic mass is 9.85. The normalized spacial score (nSPS) is 23.4. The van der Waals surface area contributed by atoms with Crippen molar-refractivity contribution in [2.75, 3.05) is 0 Å². The van der Waals surface area contributed by atoms with E-state index in [4.69, 9.17) is 4.52 Å². The molecule has 2 fully saturated rings. The maximum atomic E-state index is 12.3. The molecule has 6 heteroatoms. The molecule has 2 saturated carbocycles. The van der Waals surface area contributed by atoms with Gasteiger partial charge in [-0.2, -0.15) is 4.98 Å². The van der Waals surface area contributed by atoms with Crippen LogP contribution in [0.3, 0.4) is 0 Å². The fourth-order valence-electron chi connectivity index (χ4n) is 4.30. The zero-order valence-corrected chi connectivity index (χ0v) is 15.8. The van der Waals surface area contributed by atoms with Crippen LogP contribution in [0.2, 0.25) is 0 Å². The van der Waals surface area contributed by atoms with Crippen molar-refractivity contribution in [3.05, 3.63) is 29.7 Å². The first-order chi connectivity index (χ1) is 13.1. The van der Waals surface area contributed by atoms with E-state index < -0.39 is 0 Å². The van der Waals surface area contributed by atoms with E-state index in [2.05, 4.69) is 15.5 Å². The summed E-state index contributed by atoms with van der Waals surface area (Å²) >= 11 is 0. The molecule has 4 rings (SSSR count). The first kappa shape index (κ1) is 18.0. The van der Waals surface area contributed by atoms with Gasteiger partial charge in [0.25, 0.3) is 0 Å². The number of rotatable bonds is 4. The Balaban J connectivity index is 1.34. The molecule has 1 amide bonds. The van der Waals surface area contributed by atoms with Crippen LogP contribution in [0.5, 0.6) is 5.75 Å². The van der Waals surface area contributed by atoms with Crippen LogP contribution in [0.25, 0.3) is 11.4 Å². The van der Waals surface area contributed by atoms with Gasteiger partial charge in [0.15, 0.2) is 0 Å². The molecule has 2 aromatic rings. The van der Waals surface area contributed by atoms with Gasteiger partial charge in [0.05, 0.1) is 0 Å². The molecule has 0 bridgehead atoms. The fourth-order valence-corrected chi connectivity index (χ4v) is 4.30. The Bertz CT molecular complexity index is 803. The second-order valence-corrected chi connectivity index (χ2v) is 8.00. The molecule has 2 aliphatic carbocycles. The second-order valence-electron chi connectivity index (χ2n) is 8.00. The number of nitrogens with one attached hydrogen (secondary N) is 1. The lowest BCUT2D eigenvalue weighted by Gasteiger charge is -2.28. The minimum absolute atomic E-state index is 0.231. The Morgan fingerprint density at radius 2 is 1.89 bits per heavy atom. The number of amides is 1. The number of aryl methyl sites for hydroxylation is 1. The van der Waals surface area contributed by atoms with Gasteiger partial charge in [-0.3, -0.25) is 4.79 Å². The van der Waals surface area contributed by atoms with Gasteiger partial charge in [0.1, 0.15) is 5.75 Å². The van der Waals surface area contributed by atoms with Crippen molar-refractivity contribution in [1.82, 2.24) is 15.5 Å². The summed E-state index contributed by atoms with van der Waals surface area (Å²) < 4.78 is 5.52. The van der Waals surface area contributed by atoms with E-state index in [-0.39, 0.29) is 29.5 Å². The number of hydrogen-bond donors (Lipinski definition) is 2. The molecule has 0 saturated heterocycles. The molecule has 0 atom stereocenters. The topological polar surface area (TPSA) is 88.3 Å². The summed E-state index contributed by atoms with van der Waals surface area (Å²) in [5.41, 5.74) is 1.63. The van der Waals surface area contributed by atoms with Crippen molar-refractivity contribution in [2.24, 2.45) is 5.92 Å². The van der Waals surface area contributed by atoms with Gasteiger partial charge in [-0.1, -0.05) is 18.0 Å². The average molecular weight is 369 g/mol. The smallest absolute Gasteiger partial charge is 0.230 e. The van der Waals surface area contributed by atoms with Gasteiger partial charge in [0.2, 0.25) is 17.6 Å². The molecule has 0 aliphatic heterocycles. The Hall–Kier alpha value is -2.37. The molecule has 2 aliphatic rings. The van der Waals surface area contributed by atoms with Crippen LogP contribution in [-0.4, -0.2) is 27.2 Å². The first-order valence-electron chi connectivity index (χ1n) is 10.0. The quantitative estimate of drug-likeness (QED) is 0.848. The van der Waals surface area contributed by atoms with Crippen LogP contribution in [0.1, 0.15) is 68.7 Å². The number of aromatic nitrogens is 2. The second kappa shape index (κ2) is 7.71. The summed E-state index contributed by atoms with van der Waals surface area (Å²) in [6.07, 6.45) is 8.27. The van der Waals surface area contributed by atoms with E-state index in [1.54, 1.807) is 12.1 Å². The zero-order chi connectivity index (χ0) is 18.8. The highest BCUT2D eigenvalue weighted by atomic mass is 16.5. The number of phenolic OH excluding ortho intramolecular Hbond substituents is 1. The van der Waals surface area contributed by atoms with Crippen molar-refractivity contribution in [2.45, 2.75) is 70.3 Å². The summed E-state index contributed by atoms with van der Waals surface area (Å²) in [7, 11) is 0. The molecule has 1 aromatic heterocycles. The first-order valence-corrected chi connectivity index (χ1v) is 10.0. The number of carbonyl (C=O) groups is 1. The molecule has 27 heavy (non-hydrogen) atoms. The summed E-state index contributed by atoms with van der Waals surface area (Å²) in [6, 6.07) is 5.58. The van der Waals surface area contributed by atoms with E-state index in [0.717, 1.165) is 49.7 Å². The van der Waals surface area contributed by atoms with Gasteiger partial charge in [-0.25, -0.2) is 0 Å². The Morgan fingerprint density at radius 1 is 1.15 bits per heavy atom. The predicted octanol–water partition coefficient (Wildman–Crippen LogP) is 4.08. The highest BCUT2D eigenvalue weighted by molar-refractivity contribution is 5.79. The van der Waals surface area contributed by atoms with E-state index in [1.807, 2.05) is 13.0 Å². The summed E-state index contributed by atoms with van der Waals surface area (Å²) in [6.45, 7) is 1.85. The maximum absolute atomic E-state index is 12.3. The third-order valence-electron chi connectivity index (χ3n) is 6.05. The Morgan fingerprint density at radius 3 is 2.59 bits per heavy atom. The monoisotopic (exact) mass is 369 g/mol. The molecule has 0 radical (unpaired) electrons. The van der Waals surface area contributed by atoms with E-state index in [0.29, 0.717) is 11.7 Å². The molecule has 0 unspecified atom stereocenters. The summed E-state index contributed by atoms with van der Waals surface area (Å²) in [5.74, 6) is 2.24. The van der Waals surface area contributed by atoms with Gasteiger partial charge in [-0.15, -0.1) is 0 Å². The Labute approximate surface area is 159 Å². The molecule has 1 aromatic carbocycles. The Kier molecular flexibility index (Phi) is 5.14. The zero-order valence-electron chi connectivity index (χ0n) is 15.8. The lowest BCUT2D eigenvalue weighted by molar-refractivity contribution is -0.125. The lowest BCUT2D eigenvalue weighted by Crippen LogP contribution is -2.40. The summed E-state index contributed by atoms with van der Waals surface area (Å²) in [5, 5.41) is 17.0. The molecule has 0 spiro atoms. The highest BCUT2D eigenvalue weighted by Crippen LogP contribution is 2.34. The van der Waals surface area contributed by atoms with Gasteiger partial charge >= 0.3 is 0 Å². The van der Waals surface area contributed by atoms with Gasteiger partial charge in [0, 0.05) is 23.4 Å². The third kappa shape index (κ3) is 3.99. The van der Waals surface area contributed by atoms with Crippen molar-refractivity contribution < 1.29 is 14.4 Å².